The zero-order valence-electron chi connectivity index (χ0n) is 9.40. The Morgan fingerprint density at radius 3 is 2.81 bits per heavy atom. The van der Waals surface area contributed by atoms with Crippen molar-refractivity contribution in [1.29, 1.82) is 5.26 Å². The minimum atomic E-state index is -0.212. The Balaban J connectivity index is 3.04. The summed E-state index contributed by atoms with van der Waals surface area (Å²) < 4.78 is 1.75. The van der Waals surface area contributed by atoms with Crippen LogP contribution in [0.25, 0.3) is 11.0 Å². The van der Waals surface area contributed by atoms with E-state index in [4.69, 9.17) is 5.26 Å². The third-order valence-corrected chi connectivity index (χ3v) is 2.68. The zero-order chi connectivity index (χ0) is 11.9. The molecule has 5 nitrogen and oxygen atoms in total. The van der Waals surface area contributed by atoms with E-state index < -0.39 is 0 Å². The fourth-order valence-electron chi connectivity index (χ4n) is 2.08. The number of aromatic nitrogens is 3. The van der Waals surface area contributed by atoms with E-state index in [2.05, 4.69) is 16.0 Å². The molecule has 0 unspecified atom stereocenters. The second kappa shape index (κ2) is 3.49. The lowest BCUT2D eigenvalue weighted by atomic mass is 10.1. The first-order valence-electron chi connectivity index (χ1n) is 5.04. The molecule has 1 N–H and O–H groups in total. The van der Waals surface area contributed by atoms with Crippen LogP contribution in [0.5, 0.6) is 0 Å². The van der Waals surface area contributed by atoms with E-state index in [0.29, 0.717) is 16.6 Å². The first-order chi connectivity index (χ1) is 7.57. The molecule has 0 fully saturated rings. The predicted octanol–water partition coefficient (Wildman–Crippen LogP) is 1.26. The SMILES string of the molecule is CC(C)c1c(C#N)c2nc[nH]c(=O)c2n1C. The van der Waals surface area contributed by atoms with Crippen LogP contribution in [-0.4, -0.2) is 14.5 Å². The molecule has 16 heavy (non-hydrogen) atoms. The van der Waals surface area contributed by atoms with Gasteiger partial charge in [0.2, 0.25) is 0 Å². The monoisotopic (exact) mass is 216 g/mol. The van der Waals surface area contributed by atoms with Crippen molar-refractivity contribution < 1.29 is 0 Å². The van der Waals surface area contributed by atoms with Gasteiger partial charge in [0.25, 0.3) is 5.56 Å². The molecule has 0 radical (unpaired) electrons. The second-order valence-electron chi connectivity index (χ2n) is 4.01. The van der Waals surface area contributed by atoms with E-state index in [1.54, 1.807) is 11.6 Å². The number of nitrogens with zero attached hydrogens (tertiary/aromatic N) is 3. The van der Waals surface area contributed by atoms with Crippen molar-refractivity contribution in [2.75, 3.05) is 0 Å². The minimum Gasteiger partial charge on any atom is -0.340 e. The number of rotatable bonds is 1. The van der Waals surface area contributed by atoms with Gasteiger partial charge in [-0.3, -0.25) is 4.79 Å². The summed E-state index contributed by atoms with van der Waals surface area (Å²) >= 11 is 0. The maximum atomic E-state index is 11.7. The smallest absolute Gasteiger partial charge is 0.275 e. The lowest BCUT2D eigenvalue weighted by Gasteiger charge is -2.06. The van der Waals surface area contributed by atoms with Crippen molar-refractivity contribution >= 4 is 11.0 Å². The highest BCUT2D eigenvalue weighted by Crippen LogP contribution is 2.26. The number of nitrogens with one attached hydrogen (secondary N) is 1. The molecule has 2 heterocycles. The van der Waals surface area contributed by atoms with Crippen molar-refractivity contribution in [2.45, 2.75) is 19.8 Å². The van der Waals surface area contributed by atoms with Gasteiger partial charge in [0.05, 0.1) is 11.9 Å². The molecule has 2 aromatic heterocycles. The normalized spacial score (nSPS) is 10.9. The number of hydrogen-bond donors (Lipinski definition) is 1. The second-order valence-corrected chi connectivity index (χ2v) is 4.01. The van der Waals surface area contributed by atoms with Crippen LogP contribution >= 0.6 is 0 Å². The van der Waals surface area contributed by atoms with E-state index in [0.717, 1.165) is 5.69 Å². The lowest BCUT2D eigenvalue weighted by molar-refractivity contribution is 0.750. The molecule has 0 saturated heterocycles. The molecule has 82 valence electrons. The molecular formula is C11H12N4O. The lowest BCUT2D eigenvalue weighted by Crippen LogP contribution is -2.10. The number of H-pyrrole nitrogens is 1. The highest BCUT2D eigenvalue weighted by atomic mass is 16.1. The minimum absolute atomic E-state index is 0.174. The van der Waals surface area contributed by atoms with E-state index in [1.807, 2.05) is 13.8 Å². The van der Waals surface area contributed by atoms with Crippen LogP contribution in [-0.2, 0) is 7.05 Å². The molecule has 2 aromatic rings. The Morgan fingerprint density at radius 2 is 2.25 bits per heavy atom. The molecule has 0 aliphatic carbocycles. The third kappa shape index (κ3) is 1.23. The molecule has 0 bridgehead atoms. The van der Waals surface area contributed by atoms with Crippen molar-refractivity contribution in [3.63, 3.8) is 0 Å². The van der Waals surface area contributed by atoms with Gasteiger partial charge in [0.15, 0.2) is 0 Å². The fourth-order valence-corrected chi connectivity index (χ4v) is 2.08. The summed E-state index contributed by atoms with van der Waals surface area (Å²) in [6.45, 7) is 3.98. The molecule has 0 aromatic carbocycles. The Morgan fingerprint density at radius 1 is 1.56 bits per heavy atom. The number of nitriles is 1. The van der Waals surface area contributed by atoms with Crippen molar-refractivity contribution in [3.05, 3.63) is 27.9 Å². The van der Waals surface area contributed by atoms with Gasteiger partial charge in [-0.1, -0.05) is 13.8 Å². The number of fused-ring (bicyclic) bond motifs is 1. The van der Waals surface area contributed by atoms with Crippen LogP contribution in [0.4, 0.5) is 0 Å². The molecule has 0 aliphatic rings. The Hall–Kier alpha value is -2.09. The summed E-state index contributed by atoms with van der Waals surface area (Å²) in [6, 6.07) is 2.13. The molecule has 0 atom stereocenters. The number of aromatic amines is 1. The van der Waals surface area contributed by atoms with Crippen LogP contribution in [0.1, 0.15) is 31.0 Å². The molecule has 0 amide bonds. The maximum absolute atomic E-state index is 11.7. The van der Waals surface area contributed by atoms with Gasteiger partial charge < -0.3 is 9.55 Å². The van der Waals surface area contributed by atoms with E-state index in [-0.39, 0.29) is 11.5 Å². The molecule has 0 saturated carbocycles. The van der Waals surface area contributed by atoms with E-state index in [9.17, 15) is 4.79 Å². The summed E-state index contributed by atoms with van der Waals surface area (Å²) in [7, 11) is 1.79. The van der Waals surface area contributed by atoms with Gasteiger partial charge in [-0.05, 0) is 5.92 Å². The molecule has 5 heteroatoms. The van der Waals surface area contributed by atoms with Gasteiger partial charge in [0.1, 0.15) is 17.1 Å². The van der Waals surface area contributed by atoms with Crippen molar-refractivity contribution in [1.82, 2.24) is 14.5 Å². The standard InChI is InChI=1S/C11H12N4O/c1-6(2)9-7(4-12)8-10(15(9)3)11(16)14-5-13-8/h5-6H,1-3H3,(H,13,14,16). The maximum Gasteiger partial charge on any atom is 0.275 e. The topological polar surface area (TPSA) is 74.5 Å². The zero-order valence-corrected chi connectivity index (χ0v) is 9.40. The van der Waals surface area contributed by atoms with E-state index in [1.165, 1.54) is 6.33 Å². The Bertz CT molecular complexity index is 642. The predicted molar refractivity (Wildman–Crippen MR) is 60.1 cm³/mol. The summed E-state index contributed by atoms with van der Waals surface area (Å²) in [5.74, 6) is 0.174. The van der Waals surface area contributed by atoms with Crippen LogP contribution < -0.4 is 5.56 Å². The highest BCUT2D eigenvalue weighted by molar-refractivity contribution is 5.83. The van der Waals surface area contributed by atoms with Crippen LogP contribution in [0.2, 0.25) is 0 Å². The third-order valence-electron chi connectivity index (χ3n) is 2.68. The average molecular weight is 216 g/mol. The van der Waals surface area contributed by atoms with E-state index >= 15 is 0 Å². The summed E-state index contributed by atoms with van der Waals surface area (Å²) in [6.07, 6.45) is 1.33. The van der Waals surface area contributed by atoms with Crippen molar-refractivity contribution in [3.8, 4) is 6.07 Å². The van der Waals surface area contributed by atoms with Crippen molar-refractivity contribution in [2.24, 2.45) is 7.05 Å². The number of hydrogen-bond acceptors (Lipinski definition) is 3. The van der Waals surface area contributed by atoms with Crippen LogP contribution in [0.3, 0.4) is 0 Å². The van der Waals surface area contributed by atoms with Gasteiger partial charge in [-0.2, -0.15) is 5.26 Å². The first-order valence-corrected chi connectivity index (χ1v) is 5.04. The Kier molecular flexibility index (Phi) is 2.27. The molecule has 0 aliphatic heterocycles. The highest BCUT2D eigenvalue weighted by Gasteiger charge is 2.20. The van der Waals surface area contributed by atoms with Gasteiger partial charge in [0, 0.05) is 12.7 Å². The number of aryl methyl sites for hydroxylation is 1. The summed E-state index contributed by atoms with van der Waals surface area (Å²) in [4.78, 5) is 18.3. The molecule has 2 rings (SSSR count). The summed E-state index contributed by atoms with van der Waals surface area (Å²) in [5, 5.41) is 9.15. The van der Waals surface area contributed by atoms with Crippen LogP contribution in [0.15, 0.2) is 11.1 Å². The summed E-state index contributed by atoms with van der Waals surface area (Å²) in [5.41, 5.74) is 2.08. The molecule has 0 spiro atoms. The fraction of sp³-hybridized carbons (Fsp3) is 0.364. The first kappa shape index (κ1) is 10.4. The van der Waals surface area contributed by atoms with Gasteiger partial charge in [-0.15, -0.1) is 0 Å². The average Bonchev–Trinajstić information content (AvgIpc) is 2.52. The van der Waals surface area contributed by atoms with Gasteiger partial charge >= 0.3 is 0 Å². The largest absolute Gasteiger partial charge is 0.340 e. The Labute approximate surface area is 92.4 Å². The van der Waals surface area contributed by atoms with Gasteiger partial charge in [-0.25, -0.2) is 4.98 Å². The van der Waals surface area contributed by atoms with Crippen LogP contribution in [0, 0.1) is 11.3 Å². The quantitative estimate of drug-likeness (QED) is 0.779. The molecular weight excluding hydrogens is 204 g/mol.